The molecule has 3 aromatic carbocycles. The minimum absolute atomic E-state index is 0.0843. The summed E-state index contributed by atoms with van der Waals surface area (Å²) >= 11 is 0. The summed E-state index contributed by atoms with van der Waals surface area (Å²) in [6.07, 6.45) is 0.723. The van der Waals surface area contributed by atoms with Gasteiger partial charge in [0.05, 0.1) is 30.9 Å². The minimum atomic E-state index is -4.22. The number of unbranched alkanes of at least 4 members (excludes halogenated alkanes) is 3. The van der Waals surface area contributed by atoms with Crippen molar-refractivity contribution < 1.29 is 46.5 Å². The number of halogens is 3. The minimum Gasteiger partial charge on any atom is -0.494 e. The molecule has 0 bridgehead atoms. The topological polar surface area (TPSA) is 88.1 Å². The second kappa shape index (κ2) is 17.4. The van der Waals surface area contributed by atoms with Gasteiger partial charge in [-0.15, -0.1) is 0 Å². The smallest absolute Gasteiger partial charge is 0.389 e. The monoisotopic (exact) mass is 598 g/mol. The van der Waals surface area contributed by atoms with Crippen molar-refractivity contribution in [2.24, 2.45) is 0 Å². The van der Waals surface area contributed by atoms with E-state index in [9.17, 15) is 27.6 Å². The molecule has 0 atom stereocenters. The maximum Gasteiger partial charge on any atom is 0.389 e. The number of rotatable bonds is 16. The fraction of sp³-hybridized carbons (Fsp3) is 0.303. The van der Waals surface area contributed by atoms with Gasteiger partial charge in [0.15, 0.2) is 0 Å². The zero-order valence-corrected chi connectivity index (χ0v) is 23.5. The number of hydrogen-bond acceptors (Lipinski definition) is 7. The number of ether oxygens (including phenoxy) is 4. The molecule has 10 heteroatoms. The molecule has 7 nitrogen and oxygen atoms in total. The summed E-state index contributed by atoms with van der Waals surface area (Å²) in [4.78, 5) is 36.2. The second-order valence-corrected chi connectivity index (χ2v) is 9.47. The summed E-state index contributed by atoms with van der Waals surface area (Å²) in [7, 11) is 0. The van der Waals surface area contributed by atoms with E-state index in [-0.39, 0.29) is 31.2 Å². The van der Waals surface area contributed by atoms with Crippen LogP contribution in [-0.2, 0) is 14.3 Å². The third kappa shape index (κ3) is 13.3. The summed E-state index contributed by atoms with van der Waals surface area (Å²) in [5.41, 5.74) is 1.48. The van der Waals surface area contributed by atoms with Crippen molar-refractivity contribution in [3.8, 4) is 11.5 Å². The standard InChI is InChI=1S/C33H33F3O7/c34-33(35,36)21-8-24-40-28-18-14-27(15-19-28)32(39)43-29-16-11-25(12-17-29)13-20-30(37)41-22-6-1-2-7-23-42-31(38)26-9-4-3-5-10-26/h3-5,9-20H,1-2,6-8,21-24H2/b20-13+. The van der Waals surface area contributed by atoms with Crippen molar-refractivity contribution in [2.45, 2.75) is 44.7 Å². The van der Waals surface area contributed by atoms with Gasteiger partial charge in [0, 0.05) is 12.5 Å². The lowest BCUT2D eigenvalue weighted by Gasteiger charge is -2.09. The quantitative estimate of drug-likeness (QED) is 0.0726. The van der Waals surface area contributed by atoms with Crippen LogP contribution in [0.15, 0.2) is 84.9 Å². The van der Waals surface area contributed by atoms with Crippen LogP contribution in [0.3, 0.4) is 0 Å². The highest BCUT2D eigenvalue weighted by Gasteiger charge is 2.26. The molecule has 0 unspecified atom stereocenters. The number of hydrogen-bond donors (Lipinski definition) is 0. The average Bonchev–Trinajstić information content (AvgIpc) is 3.00. The molecular formula is C33H33F3O7. The Labute approximate surface area is 248 Å². The third-order valence-electron chi connectivity index (χ3n) is 5.99. The van der Waals surface area contributed by atoms with E-state index in [0.29, 0.717) is 35.7 Å². The first-order valence-electron chi connectivity index (χ1n) is 13.9. The number of esters is 3. The van der Waals surface area contributed by atoms with E-state index >= 15 is 0 Å². The zero-order chi connectivity index (χ0) is 30.9. The Morgan fingerprint density at radius 3 is 1.88 bits per heavy atom. The van der Waals surface area contributed by atoms with Crippen molar-refractivity contribution in [2.75, 3.05) is 19.8 Å². The van der Waals surface area contributed by atoms with Crippen LogP contribution >= 0.6 is 0 Å². The highest BCUT2D eigenvalue weighted by molar-refractivity contribution is 5.91. The second-order valence-electron chi connectivity index (χ2n) is 9.47. The van der Waals surface area contributed by atoms with Gasteiger partial charge in [-0.1, -0.05) is 30.3 Å². The Kier molecular flexibility index (Phi) is 13.3. The van der Waals surface area contributed by atoms with E-state index in [2.05, 4.69) is 0 Å². The molecule has 3 aromatic rings. The molecule has 43 heavy (non-hydrogen) atoms. The Bertz CT molecular complexity index is 1320. The number of carbonyl (C=O) groups excluding carboxylic acids is 3. The van der Waals surface area contributed by atoms with E-state index < -0.39 is 24.5 Å². The summed E-state index contributed by atoms with van der Waals surface area (Å²) in [6.45, 7) is 0.544. The van der Waals surface area contributed by atoms with Crippen molar-refractivity contribution in [3.05, 3.63) is 102 Å². The average molecular weight is 599 g/mol. The van der Waals surface area contributed by atoms with Gasteiger partial charge in [-0.3, -0.25) is 0 Å². The van der Waals surface area contributed by atoms with Gasteiger partial charge in [0.2, 0.25) is 0 Å². The molecule has 228 valence electrons. The van der Waals surface area contributed by atoms with Crippen LogP contribution in [0.1, 0.15) is 64.8 Å². The number of alkyl halides is 3. The van der Waals surface area contributed by atoms with Gasteiger partial charge in [0.1, 0.15) is 11.5 Å². The lowest BCUT2D eigenvalue weighted by atomic mass is 10.2. The Balaban J connectivity index is 1.28. The molecule has 0 aliphatic heterocycles. The van der Waals surface area contributed by atoms with Gasteiger partial charge in [0.25, 0.3) is 0 Å². The van der Waals surface area contributed by atoms with Crippen LogP contribution < -0.4 is 9.47 Å². The zero-order valence-electron chi connectivity index (χ0n) is 23.5. The lowest BCUT2D eigenvalue weighted by molar-refractivity contribution is -0.138. The summed E-state index contributed by atoms with van der Waals surface area (Å²) in [6, 6.07) is 21.2. The lowest BCUT2D eigenvalue weighted by Crippen LogP contribution is -2.10. The van der Waals surface area contributed by atoms with E-state index in [1.807, 2.05) is 6.07 Å². The highest BCUT2D eigenvalue weighted by atomic mass is 19.4. The first-order valence-corrected chi connectivity index (χ1v) is 13.9. The molecule has 0 radical (unpaired) electrons. The molecule has 3 rings (SSSR count). The molecule has 0 spiro atoms. The Morgan fingerprint density at radius 2 is 1.23 bits per heavy atom. The SMILES string of the molecule is O=C(/C=C/c1ccc(OC(=O)c2ccc(OCCCC(F)(F)F)cc2)cc1)OCCCCCCOC(=O)c1ccccc1. The highest BCUT2D eigenvalue weighted by Crippen LogP contribution is 2.22. The first-order chi connectivity index (χ1) is 20.7. The van der Waals surface area contributed by atoms with Gasteiger partial charge < -0.3 is 18.9 Å². The third-order valence-corrected chi connectivity index (χ3v) is 5.99. The fourth-order valence-corrected chi connectivity index (χ4v) is 3.73. The fourth-order valence-electron chi connectivity index (χ4n) is 3.73. The molecule has 0 fully saturated rings. The first kappa shape index (κ1) is 32.9. The van der Waals surface area contributed by atoms with Gasteiger partial charge in [-0.2, -0.15) is 13.2 Å². The van der Waals surface area contributed by atoms with Crippen LogP contribution in [-0.4, -0.2) is 43.9 Å². The Hall–Kier alpha value is -4.60. The largest absolute Gasteiger partial charge is 0.494 e. The van der Waals surface area contributed by atoms with Crippen molar-refractivity contribution in [3.63, 3.8) is 0 Å². The normalized spacial score (nSPS) is 11.2. The van der Waals surface area contributed by atoms with Crippen molar-refractivity contribution in [1.82, 2.24) is 0 Å². The predicted molar refractivity (Wildman–Crippen MR) is 154 cm³/mol. The van der Waals surface area contributed by atoms with E-state index in [1.165, 1.54) is 30.3 Å². The van der Waals surface area contributed by atoms with Crippen LogP contribution in [0, 0.1) is 0 Å². The molecule has 0 aliphatic rings. The van der Waals surface area contributed by atoms with Crippen LogP contribution in [0.4, 0.5) is 13.2 Å². The number of benzene rings is 3. The van der Waals surface area contributed by atoms with Gasteiger partial charge >= 0.3 is 24.1 Å². The maximum atomic E-state index is 12.4. The van der Waals surface area contributed by atoms with Crippen LogP contribution in [0.5, 0.6) is 11.5 Å². The van der Waals surface area contributed by atoms with E-state index in [4.69, 9.17) is 18.9 Å². The Morgan fingerprint density at radius 1 is 0.628 bits per heavy atom. The summed E-state index contributed by atoms with van der Waals surface area (Å²) < 4.78 is 57.6. The molecule has 0 N–H and O–H groups in total. The molecule has 0 aliphatic carbocycles. The molecule has 0 amide bonds. The van der Waals surface area contributed by atoms with Gasteiger partial charge in [-0.05, 0) is 92.3 Å². The molecule has 0 aromatic heterocycles. The van der Waals surface area contributed by atoms with Crippen LogP contribution in [0.2, 0.25) is 0 Å². The molecule has 0 heterocycles. The molecule has 0 saturated carbocycles. The maximum absolute atomic E-state index is 12.4. The van der Waals surface area contributed by atoms with Crippen LogP contribution in [0.25, 0.3) is 6.08 Å². The number of carbonyl (C=O) groups is 3. The summed E-state index contributed by atoms with van der Waals surface area (Å²) in [5.74, 6) is -0.764. The predicted octanol–water partition coefficient (Wildman–Crippen LogP) is 7.60. The van der Waals surface area contributed by atoms with E-state index in [1.54, 1.807) is 54.6 Å². The van der Waals surface area contributed by atoms with Crippen molar-refractivity contribution >= 4 is 24.0 Å². The van der Waals surface area contributed by atoms with Gasteiger partial charge in [-0.25, -0.2) is 14.4 Å². The molecule has 0 saturated heterocycles. The van der Waals surface area contributed by atoms with E-state index in [0.717, 1.165) is 19.3 Å². The summed E-state index contributed by atoms with van der Waals surface area (Å²) in [5, 5.41) is 0. The van der Waals surface area contributed by atoms with Crippen molar-refractivity contribution in [1.29, 1.82) is 0 Å². The molecular weight excluding hydrogens is 565 g/mol.